The van der Waals surface area contributed by atoms with E-state index < -0.39 is 11.7 Å². The minimum absolute atomic E-state index is 0.0366. The highest BCUT2D eigenvalue weighted by Crippen LogP contribution is 2.29. The van der Waals surface area contributed by atoms with E-state index in [1.54, 1.807) is 39.2 Å². The third-order valence-corrected chi connectivity index (χ3v) is 3.93. The van der Waals surface area contributed by atoms with Gasteiger partial charge in [-0.3, -0.25) is 15.0 Å². The van der Waals surface area contributed by atoms with Gasteiger partial charge in [-0.2, -0.15) is 10.2 Å². The van der Waals surface area contributed by atoms with Crippen molar-refractivity contribution < 1.29 is 14.3 Å². The normalized spacial score (nSPS) is 11.9. The van der Waals surface area contributed by atoms with Gasteiger partial charge in [-0.05, 0) is 37.6 Å². The number of aromatic amines is 1. The average molecular weight is 408 g/mol. The molecule has 0 aliphatic rings. The molecule has 28 heavy (non-hydrogen) atoms. The number of nitrogens with one attached hydrogen (secondary N) is 2. The summed E-state index contributed by atoms with van der Waals surface area (Å²) >= 11 is 5.87. The molecular weight excluding hydrogens is 386 g/mol. The van der Waals surface area contributed by atoms with Crippen LogP contribution in [0.4, 0.5) is 5.69 Å². The van der Waals surface area contributed by atoms with Gasteiger partial charge in [0.05, 0.1) is 19.0 Å². The fourth-order valence-electron chi connectivity index (χ4n) is 2.21. The molecule has 0 aliphatic carbocycles. The summed E-state index contributed by atoms with van der Waals surface area (Å²) < 4.78 is 11.3. The molecule has 0 saturated carbocycles. The predicted molar refractivity (Wildman–Crippen MR) is 107 cm³/mol. The van der Waals surface area contributed by atoms with Crippen molar-refractivity contribution in [1.29, 1.82) is 0 Å². The number of H-pyrrole nitrogens is 1. The van der Waals surface area contributed by atoms with Crippen LogP contribution in [0, 0.1) is 0 Å². The number of hydrogen-bond acceptors (Lipinski definition) is 7. The Morgan fingerprint density at radius 3 is 2.86 bits per heavy atom. The van der Waals surface area contributed by atoms with Gasteiger partial charge < -0.3 is 14.4 Å². The largest absolute Gasteiger partial charge is 0.490 e. The lowest BCUT2D eigenvalue weighted by molar-refractivity contribution is -0.135. The quantitative estimate of drug-likeness (QED) is 0.512. The third-order valence-electron chi connectivity index (χ3n) is 3.55. The number of nitrogens with zero attached hydrogens (tertiary/aromatic N) is 3. The summed E-state index contributed by atoms with van der Waals surface area (Å²) in [5.74, 6) is 0.790. The SMILES string of the molecule is CCOc1cc(/C=N\Nc2cn[nH]c(=O)c2Cl)ccc1O[C@@H](C)C(=O)N(C)C. The summed E-state index contributed by atoms with van der Waals surface area (Å²) in [6, 6.07) is 5.19. The van der Waals surface area contributed by atoms with Crippen LogP contribution in [0.2, 0.25) is 5.02 Å². The lowest BCUT2D eigenvalue weighted by Crippen LogP contribution is -2.35. The van der Waals surface area contributed by atoms with Crippen molar-refractivity contribution in [1.82, 2.24) is 15.1 Å². The van der Waals surface area contributed by atoms with Gasteiger partial charge in [0.15, 0.2) is 17.6 Å². The molecule has 2 aromatic rings. The van der Waals surface area contributed by atoms with E-state index in [1.807, 2.05) is 6.92 Å². The van der Waals surface area contributed by atoms with E-state index in [4.69, 9.17) is 21.1 Å². The van der Waals surface area contributed by atoms with Gasteiger partial charge in [0.2, 0.25) is 0 Å². The van der Waals surface area contributed by atoms with Crippen LogP contribution in [-0.2, 0) is 4.79 Å². The highest BCUT2D eigenvalue weighted by Gasteiger charge is 2.18. The number of ether oxygens (including phenoxy) is 2. The summed E-state index contributed by atoms with van der Waals surface area (Å²) in [5, 5.41) is 9.88. The molecule has 10 heteroatoms. The van der Waals surface area contributed by atoms with Gasteiger partial charge in [-0.25, -0.2) is 5.10 Å². The topological polar surface area (TPSA) is 109 Å². The molecular formula is C18H22ClN5O4. The zero-order valence-electron chi connectivity index (χ0n) is 16.0. The van der Waals surface area contributed by atoms with Crippen molar-refractivity contribution in [2.24, 2.45) is 5.10 Å². The van der Waals surface area contributed by atoms with Crippen molar-refractivity contribution in [2.75, 3.05) is 26.1 Å². The Bertz CT molecular complexity index is 913. The van der Waals surface area contributed by atoms with Crippen LogP contribution < -0.4 is 20.5 Å². The Labute approximate surface area is 167 Å². The van der Waals surface area contributed by atoms with Gasteiger partial charge in [-0.1, -0.05) is 11.6 Å². The second-order valence-electron chi connectivity index (χ2n) is 5.93. The number of amides is 1. The minimum Gasteiger partial charge on any atom is -0.490 e. The van der Waals surface area contributed by atoms with Crippen LogP contribution in [0.5, 0.6) is 11.5 Å². The molecule has 0 aliphatic heterocycles. The number of likely N-dealkylation sites (N-methyl/N-ethyl adjacent to an activating group) is 1. The van der Waals surface area contributed by atoms with E-state index in [0.29, 0.717) is 23.7 Å². The zero-order valence-corrected chi connectivity index (χ0v) is 16.8. The van der Waals surface area contributed by atoms with Crippen molar-refractivity contribution in [3.63, 3.8) is 0 Å². The first-order chi connectivity index (χ1) is 13.3. The second-order valence-corrected chi connectivity index (χ2v) is 6.31. The standard InChI is InChI=1S/C18H22ClN5O4/c1-5-27-15-8-12(6-7-14(15)28-11(2)18(26)24(3)4)9-20-22-13-10-21-23-17(25)16(13)19/h6-11H,5H2,1-4H3,(H2,22,23,25)/b20-9-/t11-/m0/s1. The molecule has 150 valence electrons. The number of aromatic nitrogens is 2. The van der Waals surface area contributed by atoms with Crippen molar-refractivity contribution in [3.05, 3.63) is 45.3 Å². The number of halogens is 1. The van der Waals surface area contributed by atoms with Crippen LogP contribution in [0.1, 0.15) is 19.4 Å². The molecule has 0 saturated heterocycles. The molecule has 0 spiro atoms. The lowest BCUT2D eigenvalue weighted by atomic mass is 10.2. The van der Waals surface area contributed by atoms with E-state index in [-0.39, 0.29) is 16.6 Å². The predicted octanol–water partition coefficient (Wildman–Crippen LogP) is 2.12. The summed E-state index contributed by atoms with van der Waals surface area (Å²) in [6.45, 7) is 3.96. The van der Waals surface area contributed by atoms with Crippen molar-refractivity contribution in [2.45, 2.75) is 20.0 Å². The lowest BCUT2D eigenvalue weighted by Gasteiger charge is -2.20. The first-order valence-corrected chi connectivity index (χ1v) is 8.88. The molecule has 2 N–H and O–H groups in total. The Kier molecular flexibility index (Phi) is 7.39. The number of rotatable bonds is 8. The van der Waals surface area contributed by atoms with E-state index in [9.17, 15) is 9.59 Å². The van der Waals surface area contributed by atoms with Gasteiger partial charge in [0.25, 0.3) is 11.5 Å². The molecule has 0 radical (unpaired) electrons. The summed E-state index contributed by atoms with van der Waals surface area (Å²) in [6.07, 6.45) is 2.23. The van der Waals surface area contributed by atoms with E-state index in [1.165, 1.54) is 17.3 Å². The van der Waals surface area contributed by atoms with Gasteiger partial charge in [0, 0.05) is 14.1 Å². The van der Waals surface area contributed by atoms with Crippen LogP contribution >= 0.6 is 11.6 Å². The summed E-state index contributed by atoms with van der Waals surface area (Å²) in [7, 11) is 3.33. The maximum absolute atomic E-state index is 12.0. The highest BCUT2D eigenvalue weighted by atomic mass is 35.5. The summed E-state index contributed by atoms with van der Waals surface area (Å²) in [4.78, 5) is 24.9. The fraction of sp³-hybridized carbons (Fsp3) is 0.333. The van der Waals surface area contributed by atoms with E-state index >= 15 is 0 Å². The molecule has 1 heterocycles. The molecule has 1 aromatic heterocycles. The average Bonchev–Trinajstić information content (AvgIpc) is 2.66. The monoisotopic (exact) mass is 407 g/mol. The molecule has 1 atom stereocenters. The smallest absolute Gasteiger partial charge is 0.285 e. The maximum atomic E-state index is 12.0. The zero-order chi connectivity index (χ0) is 20.7. The van der Waals surface area contributed by atoms with Gasteiger partial charge >= 0.3 is 0 Å². The molecule has 2 rings (SSSR count). The van der Waals surface area contributed by atoms with Gasteiger partial charge in [-0.15, -0.1) is 0 Å². The van der Waals surface area contributed by atoms with Crippen LogP contribution in [-0.4, -0.2) is 54.0 Å². The number of hydrogen-bond donors (Lipinski definition) is 2. The van der Waals surface area contributed by atoms with Crippen LogP contribution in [0.15, 0.2) is 34.3 Å². The first kappa shape index (κ1) is 21.2. The number of hydrazone groups is 1. The molecule has 1 amide bonds. The molecule has 9 nitrogen and oxygen atoms in total. The fourth-order valence-corrected chi connectivity index (χ4v) is 2.35. The Morgan fingerprint density at radius 2 is 2.18 bits per heavy atom. The van der Waals surface area contributed by atoms with E-state index in [2.05, 4.69) is 20.7 Å². The molecule has 1 aromatic carbocycles. The third kappa shape index (κ3) is 5.46. The Morgan fingerprint density at radius 1 is 1.43 bits per heavy atom. The first-order valence-electron chi connectivity index (χ1n) is 8.50. The van der Waals surface area contributed by atoms with Crippen molar-refractivity contribution in [3.8, 4) is 11.5 Å². The van der Waals surface area contributed by atoms with E-state index in [0.717, 1.165) is 0 Å². The number of carbonyl (C=O) groups excluding carboxylic acids is 1. The van der Waals surface area contributed by atoms with Crippen molar-refractivity contribution >= 4 is 29.4 Å². The van der Waals surface area contributed by atoms with Crippen LogP contribution in [0.25, 0.3) is 0 Å². The molecule has 0 fully saturated rings. The summed E-state index contributed by atoms with van der Waals surface area (Å²) in [5.41, 5.74) is 3.14. The Balaban J connectivity index is 2.16. The Hall–Kier alpha value is -3.07. The second kappa shape index (κ2) is 9.75. The number of carbonyl (C=O) groups is 1. The van der Waals surface area contributed by atoms with Gasteiger partial charge in [0.1, 0.15) is 10.7 Å². The molecule has 0 unspecified atom stereocenters. The molecule has 0 bridgehead atoms. The highest BCUT2D eigenvalue weighted by molar-refractivity contribution is 6.32. The minimum atomic E-state index is -0.652. The van der Waals surface area contributed by atoms with Crippen LogP contribution in [0.3, 0.4) is 0 Å². The number of benzene rings is 1. The number of anilines is 1. The maximum Gasteiger partial charge on any atom is 0.285 e.